The van der Waals surface area contributed by atoms with Crippen LogP contribution in [-0.4, -0.2) is 31.2 Å². The van der Waals surface area contributed by atoms with Crippen molar-refractivity contribution in [2.24, 2.45) is 4.99 Å². The van der Waals surface area contributed by atoms with Gasteiger partial charge in [0.2, 0.25) is 0 Å². The van der Waals surface area contributed by atoms with Gasteiger partial charge in [0.1, 0.15) is 11.5 Å². The lowest BCUT2D eigenvalue weighted by molar-refractivity contribution is -0.0504. The molecule has 0 radical (unpaired) electrons. The molecule has 9 heteroatoms. The van der Waals surface area contributed by atoms with Crippen molar-refractivity contribution in [1.82, 2.24) is 15.6 Å². The Morgan fingerprint density at radius 3 is 2.63 bits per heavy atom. The van der Waals surface area contributed by atoms with Crippen molar-refractivity contribution in [3.05, 3.63) is 59.8 Å². The Bertz CT molecular complexity index is 946. The Balaban J connectivity index is 0.00000320. The van der Waals surface area contributed by atoms with Crippen molar-refractivity contribution in [1.29, 1.82) is 0 Å². The smallest absolute Gasteiger partial charge is 0.387 e. The van der Waals surface area contributed by atoms with Crippen LogP contribution in [0.3, 0.4) is 0 Å². The Morgan fingerprint density at radius 2 is 1.93 bits per heavy atom. The number of guanidine groups is 1. The van der Waals surface area contributed by atoms with Crippen LogP contribution in [-0.2, 0) is 13.1 Å². The second kappa shape index (κ2) is 11.6. The summed E-state index contributed by atoms with van der Waals surface area (Å²) in [5.41, 5.74) is 2.59. The molecule has 1 heterocycles. The van der Waals surface area contributed by atoms with Gasteiger partial charge in [-0.1, -0.05) is 18.2 Å². The average Bonchev–Trinajstić information content (AvgIpc) is 3.13. The molecular formula is C21H25F2IN4O2. The number of ether oxygens (including phenoxy) is 2. The van der Waals surface area contributed by atoms with Crippen LogP contribution in [0, 0.1) is 0 Å². The van der Waals surface area contributed by atoms with E-state index in [4.69, 9.17) is 4.74 Å². The number of H-pyrrole nitrogens is 1. The number of benzene rings is 2. The first-order valence-electron chi connectivity index (χ1n) is 9.29. The maximum atomic E-state index is 12.7. The van der Waals surface area contributed by atoms with Gasteiger partial charge in [0.15, 0.2) is 5.96 Å². The highest BCUT2D eigenvalue weighted by atomic mass is 127. The second-order valence-electron chi connectivity index (χ2n) is 6.28. The van der Waals surface area contributed by atoms with Gasteiger partial charge in [-0.05, 0) is 42.6 Å². The number of rotatable bonds is 8. The van der Waals surface area contributed by atoms with Gasteiger partial charge in [-0.2, -0.15) is 8.78 Å². The molecular weight excluding hydrogens is 505 g/mol. The number of halogens is 3. The van der Waals surface area contributed by atoms with E-state index >= 15 is 0 Å². The maximum Gasteiger partial charge on any atom is 0.387 e. The number of hydrogen-bond donors (Lipinski definition) is 3. The van der Waals surface area contributed by atoms with Gasteiger partial charge in [0, 0.05) is 23.3 Å². The molecule has 3 aromatic rings. The van der Waals surface area contributed by atoms with E-state index in [1.54, 1.807) is 12.1 Å². The Morgan fingerprint density at radius 1 is 1.13 bits per heavy atom. The number of nitrogens with one attached hydrogen (secondary N) is 3. The standard InChI is InChI=1S/C21H24F2N4O2.HI/c1-3-24-21(26-13-16-10-14-6-4-5-7-18(14)27-16)25-12-15-11-17(28-2)8-9-19(15)29-20(22)23;/h4-11,20,27H,3,12-13H2,1-2H3,(H2,24,25,26);1H. The molecule has 6 nitrogen and oxygen atoms in total. The Hall–Kier alpha value is -2.56. The van der Waals surface area contributed by atoms with E-state index in [0.717, 1.165) is 16.6 Å². The summed E-state index contributed by atoms with van der Waals surface area (Å²) in [6, 6.07) is 14.8. The minimum absolute atomic E-state index is 0. The number of alkyl halides is 2. The summed E-state index contributed by atoms with van der Waals surface area (Å²) >= 11 is 0. The van der Waals surface area contributed by atoms with Gasteiger partial charge in [0.05, 0.1) is 20.2 Å². The molecule has 0 unspecified atom stereocenters. The van der Waals surface area contributed by atoms with Gasteiger partial charge >= 0.3 is 6.61 Å². The van der Waals surface area contributed by atoms with Crippen molar-refractivity contribution in [3.8, 4) is 11.5 Å². The Labute approximate surface area is 191 Å². The zero-order valence-corrected chi connectivity index (χ0v) is 19.1. The summed E-state index contributed by atoms with van der Waals surface area (Å²) in [6.45, 7) is 0.411. The lowest BCUT2D eigenvalue weighted by atomic mass is 10.2. The number of hydrogen-bond acceptors (Lipinski definition) is 3. The van der Waals surface area contributed by atoms with Crippen LogP contribution in [0.5, 0.6) is 11.5 Å². The summed E-state index contributed by atoms with van der Waals surface area (Å²) < 4.78 is 35.1. The van der Waals surface area contributed by atoms with E-state index in [0.29, 0.717) is 30.4 Å². The molecule has 0 amide bonds. The van der Waals surface area contributed by atoms with Crippen molar-refractivity contribution < 1.29 is 18.3 Å². The zero-order chi connectivity index (χ0) is 20.6. The van der Waals surface area contributed by atoms with Crippen molar-refractivity contribution in [2.45, 2.75) is 26.6 Å². The zero-order valence-electron chi connectivity index (χ0n) is 16.7. The third-order valence-electron chi connectivity index (χ3n) is 4.27. The lowest BCUT2D eigenvalue weighted by Crippen LogP contribution is -2.36. The van der Waals surface area contributed by atoms with Crippen molar-refractivity contribution in [3.63, 3.8) is 0 Å². The number of nitrogens with zero attached hydrogens (tertiary/aromatic N) is 1. The summed E-state index contributed by atoms with van der Waals surface area (Å²) in [5.74, 6) is 1.20. The molecule has 0 saturated carbocycles. The van der Waals surface area contributed by atoms with Gasteiger partial charge in [-0.25, -0.2) is 4.99 Å². The van der Waals surface area contributed by atoms with E-state index in [2.05, 4.69) is 31.4 Å². The molecule has 0 aliphatic carbocycles. The minimum Gasteiger partial charge on any atom is -0.497 e. The molecule has 2 aromatic carbocycles. The van der Waals surface area contributed by atoms with E-state index in [1.165, 1.54) is 13.2 Å². The molecule has 162 valence electrons. The first-order chi connectivity index (χ1) is 14.1. The van der Waals surface area contributed by atoms with Gasteiger partial charge in [-0.3, -0.25) is 0 Å². The van der Waals surface area contributed by atoms with Crippen LogP contribution in [0.25, 0.3) is 10.9 Å². The fraction of sp³-hybridized carbons (Fsp3) is 0.286. The van der Waals surface area contributed by atoms with Gasteiger partial charge < -0.3 is 25.1 Å². The summed E-state index contributed by atoms with van der Waals surface area (Å²) in [5, 5.41) is 7.53. The maximum absolute atomic E-state index is 12.7. The number of aliphatic imine (C=N–C) groups is 1. The average molecular weight is 530 g/mol. The van der Waals surface area contributed by atoms with Gasteiger partial charge in [-0.15, -0.1) is 24.0 Å². The van der Waals surface area contributed by atoms with E-state index < -0.39 is 6.61 Å². The number of fused-ring (bicyclic) bond motifs is 1. The predicted octanol–water partition coefficient (Wildman–Crippen LogP) is 4.65. The molecule has 0 aliphatic heterocycles. The fourth-order valence-electron chi connectivity index (χ4n) is 2.93. The normalized spacial score (nSPS) is 11.3. The van der Waals surface area contributed by atoms with Crippen LogP contribution >= 0.6 is 24.0 Å². The molecule has 1 aromatic heterocycles. The van der Waals surface area contributed by atoms with Crippen molar-refractivity contribution >= 4 is 40.8 Å². The predicted molar refractivity (Wildman–Crippen MR) is 125 cm³/mol. The largest absolute Gasteiger partial charge is 0.497 e. The summed E-state index contributed by atoms with van der Waals surface area (Å²) in [4.78, 5) is 7.84. The number of methoxy groups -OCH3 is 1. The number of aromatic amines is 1. The first kappa shape index (κ1) is 23.7. The lowest BCUT2D eigenvalue weighted by Gasteiger charge is -2.13. The number of para-hydroxylation sites is 1. The van der Waals surface area contributed by atoms with E-state index in [1.807, 2.05) is 31.2 Å². The molecule has 0 saturated heterocycles. The van der Waals surface area contributed by atoms with E-state index in [-0.39, 0.29) is 36.3 Å². The Kier molecular flexibility index (Phi) is 9.15. The monoisotopic (exact) mass is 530 g/mol. The van der Waals surface area contributed by atoms with Crippen LogP contribution in [0.4, 0.5) is 8.78 Å². The van der Waals surface area contributed by atoms with Crippen LogP contribution in [0.15, 0.2) is 53.5 Å². The van der Waals surface area contributed by atoms with Crippen LogP contribution < -0.4 is 20.1 Å². The molecule has 3 rings (SSSR count). The highest BCUT2D eigenvalue weighted by Gasteiger charge is 2.11. The quantitative estimate of drug-likeness (QED) is 0.225. The summed E-state index contributed by atoms with van der Waals surface area (Å²) in [7, 11) is 1.52. The molecule has 0 aliphatic rings. The molecule has 0 fully saturated rings. The highest BCUT2D eigenvalue weighted by Crippen LogP contribution is 2.26. The molecule has 0 atom stereocenters. The molecule has 0 bridgehead atoms. The van der Waals surface area contributed by atoms with Crippen LogP contribution in [0.1, 0.15) is 18.2 Å². The SMILES string of the molecule is CCNC(=NCc1cc(OC)ccc1OC(F)F)NCc1cc2ccccc2[nH]1.I. The number of aromatic nitrogens is 1. The summed E-state index contributed by atoms with van der Waals surface area (Å²) in [6.07, 6.45) is 0. The third-order valence-corrected chi connectivity index (χ3v) is 4.27. The highest BCUT2D eigenvalue weighted by molar-refractivity contribution is 14.0. The van der Waals surface area contributed by atoms with Gasteiger partial charge in [0.25, 0.3) is 0 Å². The minimum atomic E-state index is -2.90. The van der Waals surface area contributed by atoms with E-state index in [9.17, 15) is 8.78 Å². The first-order valence-corrected chi connectivity index (χ1v) is 9.29. The third kappa shape index (κ3) is 6.48. The van der Waals surface area contributed by atoms with Crippen LogP contribution in [0.2, 0.25) is 0 Å². The topological polar surface area (TPSA) is 70.7 Å². The second-order valence-corrected chi connectivity index (χ2v) is 6.28. The molecule has 30 heavy (non-hydrogen) atoms. The molecule has 0 spiro atoms. The fourth-order valence-corrected chi connectivity index (χ4v) is 2.93. The molecule has 3 N–H and O–H groups in total. The van der Waals surface area contributed by atoms with Crippen molar-refractivity contribution in [2.75, 3.05) is 13.7 Å².